The smallest absolute Gasteiger partial charge is 0.285 e. The Morgan fingerprint density at radius 2 is 1.66 bits per heavy atom. The number of amides is 1. The normalized spacial score (nSPS) is 14.1. The average Bonchev–Trinajstić information content (AvgIpc) is 3.33. The number of carbonyl (C=O) groups is 1. The van der Waals surface area contributed by atoms with Crippen molar-refractivity contribution in [1.82, 2.24) is 14.9 Å². The first-order valence-corrected chi connectivity index (χ1v) is 11.4. The lowest BCUT2D eigenvalue weighted by Gasteiger charge is -2.19. The number of hydrogen-bond donors (Lipinski definition) is 2. The summed E-state index contributed by atoms with van der Waals surface area (Å²) < 4.78 is 28.4. The van der Waals surface area contributed by atoms with E-state index in [0.29, 0.717) is 17.1 Å². The molecule has 0 aliphatic carbocycles. The summed E-state index contributed by atoms with van der Waals surface area (Å²) in [5.41, 5.74) is 3.59. The van der Waals surface area contributed by atoms with E-state index in [0.717, 1.165) is 16.6 Å². The lowest BCUT2D eigenvalue weighted by molar-refractivity contribution is -0.116. The minimum atomic E-state index is -3.75. The van der Waals surface area contributed by atoms with Gasteiger partial charge in [0.15, 0.2) is 5.84 Å². The third kappa shape index (κ3) is 3.52. The molecule has 2 heterocycles. The Labute approximate surface area is 184 Å². The van der Waals surface area contributed by atoms with E-state index < -0.39 is 10.0 Å². The van der Waals surface area contributed by atoms with Crippen LogP contribution in [0.25, 0.3) is 22.4 Å². The molecule has 1 aliphatic heterocycles. The van der Waals surface area contributed by atoms with Crippen molar-refractivity contribution in [1.29, 1.82) is 0 Å². The number of nitrogens with one attached hydrogen (secondary N) is 2. The van der Waals surface area contributed by atoms with Gasteiger partial charge in [-0.15, -0.1) is 4.40 Å². The van der Waals surface area contributed by atoms with Crippen molar-refractivity contribution in [2.24, 2.45) is 4.40 Å². The number of amidine groups is 1. The fourth-order valence-corrected chi connectivity index (χ4v) is 4.97. The number of benzene rings is 3. The van der Waals surface area contributed by atoms with Crippen molar-refractivity contribution in [3.05, 3.63) is 78.4 Å². The maximum atomic E-state index is 12.8. The summed E-state index contributed by atoms with van der Waals surface area (Å²) in [6.45, 7) is -0.0723. The van der Waals surface area contributed by atoms with E-state index in [-0.39, 0.29) is 23.2 Å². The van der Waals surface area contributed by atoms with Gasteiger partial charge in [0.2, 0.25) is 5.91 Å². The third-order valence-electron chi connectivity index (χ3n) is 5.20. The predicted octanol–water partition coefficient (Wildman–Crippen LogP) is 3.25. The van der Waals surface area contributed by atoms with Gasteiger partial charge in [-0.25, -0.2) is 4.98 Å². The van der Waals surface area contributed by atoms with Gasteiger partial charge in [-0.05, 0) is 36.4 Å². The molecule has 1 amide bonds. The molecule has 1 aliphatic rings. The highest BCUT2D eigenvalue weighted by Gasteiger charge is 2.31. The van der Waals surface area contributed by atoms with Crippen LogP contribution in [0, 0.1) is 0 Å². The molecule has 9 heteroatoms. The number of likely N-dealkylation sites (N-methyl/N-ethyl adjacent to an activating group) is 1. The number of nitrogens with zero attached hydrogens (tertiary/aromatic N) is 3. The summed E-state index contributed by atoms with van der Waals surface area (Å²) >= 11 is 0. The van der Waals surface area contributed by atoms with Crippen LogP contribution in [-0.2, 0) is 14.8 Å². The van der Waals surface area contributed by atoms with Crippen molar-refractivity contribution >= 4 is 38.5 Å². The third-order valence-corrected chi connectivity index (χ3v) is 6.53. The second kappa shape index (κ2) is 7.61. The minimum absolute atomic E-state index is 0.0723. The molecule has 5 rings (SSSR count). The number of imidazole rings is 1. The molecular weight excluding hydrogens is 426 g/mol. The van der Waals surface area contributed by atoms with Crippen LogP contribution in [0.4, 0.5) is 5.69 Å². The molecule has 0 atom stereocenters. The number of anilines is 1. The van der Waals surface area contributed by atoms with Crippen LogP contribution in [0.5, 0.6) is 0 Å². The lowest BCUT2D eigenvalue weighted by Crippen LogP contribution is -2.35. The highest BCUT2D eigenvalue weighted by atomic mass is 32.2. The zero-order valence-electron chi connectivity index (χ0n) is 17.1. The van der Waals surface area contributed by atoms with Crippen molar-refractivity contribution in [2.45, 2.75) is 4.90 Å². The number of aromatic amines is 1. The van der Waals surface area contributed by atoms with Crippen molar-refractivity contribution in [3.63, 3.8) is 0 Å². The monoisotopic (exact) mass is 445 g/mol. The molecule has 0 saturated heterocycles. The second-order valence-electron chi connectivity index (χ2n) is 7.44. The fourth-order valence-electron chi connectivity index (χ4n) is 3.72. The summed E-state index contributed by atoms with van der Waals surface area (Å²) in [5.74, 6) is 0.595. The Bertz CT molecular complexity index is 1460. The Balaban J connectivity index is 1.38. The van der Waals surface area contributed by atoms with Crippen LogP contribution >= 0.6 is 0 Å². The molecule has 3 aromatic carbocycles. The molecule has 0 saturated carbocycles. The summed E-state index contributed by atoms with van der Waals surface area (Å²) in [6.07, 6.45) is 0. The SMILES string of the molecule is CN(CC(=O)Nc1ccccc1-c1nc2ccccc2[nH]1)C1=NS(=O)(=O)c2ccccc21. The van der Waals surface area contributed by atoms with Crippen LogP contribution in [-0.4, -0.2) is 48.6 Å². The number of sulfonamides is 1. The van der Waals surface area contributed by atoms with Crippen LogP contribution in [0.15, 0.2) is 82.1 Å². The molecular formula is C23H19N5O3S. The van der Waals surface area contributed by atoms with Gasteiger partial charge in [0, 0.05) is 18.2 Å². The predicted molar refractivity (Wildman–Crippen MR) is 123 cm³/mol. The van der Waals surface area contributed by atoms with Crippen LogP contribution in [0.3, 0.4) is 0 Å². The average molecular weight is 446 g/mol. The topological polar surface area (TPSA) is 108 Å². The van der Waals surface area contributed by atoms with Gasteiger partial charge in [-0.3, -0.25) is 4.79 Å². The highest BCUT2D eigenvalue weighted by Crippen LogP contribution is 2.29. The number of H-pyrrole nitrogens is 1. The fraction of sp³-hybridized carbons (Fsp3) is 0.0870. The molecule has 4 aromatic rings. The number of fused-ring (bicyclic) bond motifs is 2. The van der Waals surface area contributed by atoms with Gasteiger partial charge < -0.3 is 15.2 Å². The number of rotatable bonds is 4. The minimum Gasteiger partial charge on any atom is -0.349 e. The Kier molecular flexibility index (Phi) is 4.75. The first kappa shape index (κ1) is 20.0. The van der Waals surface area contributed by atoms with Crippen LogP contribution in [0.1, 0.15) is 5.56 Å². The second-order valence-corrected chi connectivity index (χ2v) is 9.01. The lowest BCUT2D eigenvalue weighted by atomic mass is 10.1. The highest BCUT2D eigenvalue weighted by molar-refractivity contribution is 7.90. The van der Waals surface area contributed by atoms with E-state index in [2.05, 4.69) is 19.7 Å². The van der Waals surface area contributed by atoms with Crippen LogP contribution < -0.4 is 5.32 Å². The van der Waals surface area contributed by atoms with Crippen LogP contribution in [0.2, 0.25) is 0 Å². The largest absolute Gasteiger partial charge is 0.349 e. The van der Waals surface area contributed by atoms with E-state index in [1.807, 2.05) is 42.5 Å². The molecule has 0 bridgehead atoms. The van der Waals surface area contributed by atoms with Gasteiger partial charge in [0.05, 0.1) is 23.3 Å². The number of aromatic nitrogens is 2. The molecule has 2 N–H and O–H groups in total. The first-order valence-electron chi connectivity index (χ1n) is 9.92. The van der Waals surface area contributed by atoms with Gasteiger partial charge in [-0.2, -0.15) is 8.42 Å². The first-order chi connectivity index (χ1) is 15.4. The van der Waals surface area contributed by atoms with E-state index in [1.165, 1.54) is 11.0 Å². The summed E-state index contributed by atoms with van der Waals surface area (Å²) in [4.78, 5) is 22.4. The summed E-state index contributed by atoms with van der Waals surface area (Å²) in [7, 11) is -2.11. The van der Waals surface area contributed by atoms with Crippen molar-refractivity contribution in [3.8, 4) is 11.4 Å². The molecule has 1 aromatic heterocycles. The molecule has 0 fully saturated rings. The molecule has 32 heavy (non-hydrogen) atoms. The molecule has 8 nitrogen and oxygen atoms in total. The molecule has 0 radical (unpaired) electrons. The molecule has 0 spiro atoms. The maximum absolute atomic E-state index is 12.8. The van der Waals surface area contributed by atoms with Gasteiger partial charge in [-0.1, -0.05) is 36.4 Å². The Hall–Kier alpha value is -3.98. The zero-order valence-corrected chi connectivity index (χ0v) is 17.9. The number of para-hydroxylation sites is 3. The van der Waals surface area contributed by atoms with E-state index in [1.54, 1.807) is 31.3 Å². The van der Waals surface area contributed by atoms with Crippen molar-refractivity contribution in [2.75, 3.05) is 18.9 Å². The zero-order chi connectivity index (χ0) is 22.3. The van der Waals surface area contributed by atoms with Gasteiger partial charge >= 0.3 is 0 Å². The molecule has 160 valence electrons. The quantitative estimate of drug-likeness (QED) is 0.501. The van der Waals surface area contributed by atoms with E-state index in [4.69, 9.17) is 0 Å². The standard InChI is InChI=1S/C23H19N5O3S/c1-28(23-16-9-3-7-13-20(16)32(30,31)27-23)14-21(29)24-17-10-4-2-8-15(17)22-25-18-11-5-6-12-19(18)26-22/h2-13H,14H2,1H3,(H,24,29)(H,25,26). The summed E-state index contributed by atoms with van der Waals surface area (Å²) in [6, 6.07) is 21.7. The Morgan fingerprint density at radius 1 is 0.969 bits per heavy atom. The molecule has 0 unspecified atom stereocenters. The van der Waals surface area contributed by atoms with Gasteiger partial charge in [0.25, 0.3) is 10.0 Å². The van der Waals surface area contributed by atoms with E-state index >= 15 is 0 Å². The van der Waals surface area contributed by atoms with Gasteiger partial charge in [0.1, 0.15) is 10.7 Å². The Morgan fingerprint density at radius 3 is 2.47 bits per heavy atom. The maximum Gasteiger partial charge on any atom is 0.285 e. The van der Waals surface area contributed by atoms with E-state index in [9.17, 15) is 13.2 Å². The summed E-state index contributed by atoms with van der Waals surface area (Å²) in [5, 5.41) is 2.91. The van der Waals surface area contributed by atoms with Crippen molar-refractivity contribution < 1.29 is 13.2 Å². The number of carbonyl (C=O) groups excluding carboxylic acids is 1. The number of hydrogen-bond acceptors (Lipinski definition) is 5.